The summed E-state index contributed by atoms with van der Waals surface area (Å²) in [6, 6.07) is 19.5. The number of aliphatic imine (C=N–C) groups is 1. The number of aliphatic hydroxyl groups is 1. The smallest absolute Gasteiger partial charge is 0.306 e. The summed E-state index contributed by atoms with van der Waals surface area (Å²) in [4.78, 5) is 66.4. The first-order valence-corrected chi connectivity index (χ1v) is 24.2. The lowest BCUT2D eigenvalue weighted by Gasteiger charge is -2.35. The number of aryl methyl sites for hydroxylation is 3. The van der Waals surface area contributed by atoms with Crippen LogP contribution in [0, 0.1) is 44.4 Å². The van der Waals surface area contributed by atoms with Gasteiger partial charge in [0.2, 0.25) is 11.8 Å². The van der Waals surface area contributed by atoms with E-state index in [9.17, 15) is 34.7 Å². The molecule has 0 saturated carbocycles. The number of amides is 3. The molecule has 0 aliphatic carbocycles. The summed E-state index contributed by atoms with van der Waals surface area (Å²) < 4.78 is 7.79. The first-order valence-electron chi connectivity index (χ1n) is 22.5. The molecule has 4 N–H and O–H groups in total. The molecule has 0 unspecified atom stereocenters. The van der Waals surface area contributed by atoms with Crippen molar-refractivity contribution in [3.8, 4) is 38.4 Å². The Bertz CT molecular complexity index is 3030. The van der Waals surface area contributed by atoms with E-state index in [-0.39, 0.29) is 36.7 Å². The summed E-state index contributed by atoms with van der Waals surface area (Å²) in [6.45, 7) is 14.5. The first kappa shape index (κ1) is 48.4. The number of thiazole rings is 1. The van der Waals surface area contributed by atoms with E-state index in [1.165, 1.54) is 4.90 Å². The number of hydrogen-bond donors (Lipinski definition) is 4. The van der Waals surface area contributed by atoms with Crippen LogP contribution in [0.25, 0.3) is 26.6 Å². The van der Waals surface area contributed by atoms with Crippen LogP contribution in [0.5, 0.6) is 5.75 Å². The monoisotopic (exact) mass is 967 g/mol. The lowest BCUT2D eigenvalue weighted by molar-refractivity contribution is -0.144. The number of fused-ring (bicyclic) bond motifs is 3. The summed E-state index contributed by atoms with van der Waals surface area (Å²) in [7, 11) is 0. The van der Waals surface area contributed by atoms with Gasteiger partial charge < -0.3 is 30.5 Å². The third-order valence-corrected chi connectivity index (χ3v) is 14.8. The minimum Gasteiger partial charge on any atom is -0.482 e. The Morgan fingerprint density at radius 1 is 0.942 bits per heavy atom. The normalized spacial score (nSPS) is 17.4. The number of aliphatic carboxylic acids is 1. The minimum atomic E-state index is -1.08. The average molecular weight is 968 g/mol. The Kier molecular flexibility index (Phi) is 13.7. The SMILES string of the molecule is Cc1ncsc1-c1ccc([C@H](C)NC(=O)[C@@H]2C[C@@H](O)CN2C(=O)[C@@H](NC(=O)COc2ccc(-c3ccc(C4=N[C@@H](CC(=O)O)c5nnc(C)n5-c5sc(C)c(C)c54)cc3)cc2C#N)C(C)(C)C)cc1. The number of β-amino-alcohol motifs (C(OH)–C–C–N with tert-alkyl or cyclic N) is 1. The number of aliphatic hydroxyl groups excluding tert-OH is 1. The second-order valence-electron chi connectivity index (χ2n) is 18.6. The van der Waals surface area contributed by atoms with E-state index in [0.717, 1.165) is 53.8 Å². The summed E-state index contributed by atoms with van der Waals surface area (Å²) in [5, 5.41) is 46.0. The molecule has 2 aliphatic heterocycles. The van der Waals surface area contributed by atoms with Crippen LogP contribution in [0.3, 0.4) is 0 Å². The molecular weight excluding hydrogens is 915 g/mol. The molecule has 2 aliphatic rings. The molecule has 5 heterocycles. The topological polar surface area (TPSA) is 225 Å². The van der Waals surface area contributed by atoms with E-state index >= 15 is 0 Å². The van der Waals surface area contributed by atoms with Crippen molar-refractivity contribution in [2.45, 2.75) is 98.5 Å². The number of nitrogens with zero attached hydrogens (tertiary/aromatic N) is 7. The lowest BCUT2D eigenvalue weighted by Crippen LogP contribution is -2.58. The Balaban J connectivity index is 0.933. The number of thiophene rings is 1. The molecule has 3 aromatic carbocycles. The fourth-order valence-electron chi connectivity index (χ4n) is 8.79. The van der Waals surface area contributed by atoms with Crippen molar-refractivity contribution < 1.29 is 34.1 Å². The molecular formula is C51H53N9O7S2. The van der Waals surface area contributed by atoms with Gasteiger partial charge in [-0.3, -0.25) is 28.7 Å². The molecule has 5 atom stereocenters. The Labute approximate surface area is 407 Å². The zero-order valence-electron chi connectivity index (χ0n) is 39.5. The molecule has 0 spiro atoms. The average Bonchev–Trinajstić information content (AvgIpc) is 4.09. The zero-order chi connectivity index (χ0) is 49.5. The van der Waals surface area contributed by atoms with Crippen molar-refractivity contribution in [1.82, 2.24) is 35.3 Å². The number of benzene rings is 3. The van der Waals surface area contributed by atoms with Crippen LogP contribution >= 0.6 is 22.7 Å². The van der Waals surface area contributed by atoms with Crippen molar-refractivity contribution in [3.05, 3.63) is 122 Å². The van der Waals surface area contributed by atoms with Crippen LogP contribution in [0.15, 0.2) is 77.2 Å². The molecule has 18 heteroatoms. The van der Waals surface area contributed by atoms with Gasteiger partial charge in [0.15, 0.2) is 12.4 Å². The van der Waals surface area contributed by atoms with E-state index in [4.69, 9.17) is 9.73 Å². The highest BCUT2D eigenvalue weighted by atomic mass is 32.1. The number of aromatic nitrogens is 4. The van der Waals surface area contributed by atoms with Crippen molar-refractivity contribution in [3.63, 3.8) is 0 Å². The summed E-state index contributed by atoms with van der Waals surface area (Å²) >= 11 is 3.14. The molecule has 8 rings (SSSR count). The first-order chi connectivity index (χ1) is 32.8. The van der Waals surface area contributed by atoms with E-state index in [1.54, 1.807) is 67.2 Å². The fourth-order valence-corrected chi connectivity index (χ4v) is 10.8. The molecule has 3 aromatic heterocycles. The van der Waals surface area contributed by atoms with Gasteiger partial charge in [-0.15, -0.1) is 32.9 Å². The van der Waals surface area contributed by atoms with Crippen LogP contribution < -0.4 is 15.4 Å². The molecule has 356 valence electrons. The minimum absolute atomic E-state index is 0.0454. The Hall–Kier alpha value is -7.07. The largest absolute Gasteiger partial charge is 0.482 e. The summed E-state index contributed by atoms with van der Waals surface area (Å²) in [5.41, 5.74) is 8.90. The standard InChI is InChI=1S/C51H53N9O7S2/c1-26-29(4)69-50-43(26)44(55-38(21-42(63)64)47-58-57-30(5)60(47)50)33-13-11-32(12-14-33)35-17-18-40(36(19-35)22-52)67-24-41(62)56-46(51(6,7)8)49(66)59-23-37(61)20-39(59)48(65)54-27(2)31-9-15-34(16-10-31)45-28(3)53-25-68-45/h9-19,25,27,37-39,46,61H,20-21,23-24H2,1-8H3,(H,54,65)(H,56,62)(H,63,64)/t27-,37+,38-,39-,46+/m0/s1. The fraction of sp³-hybridized carbons (Fsp3) is 0.353. The predicted molar refractivity (Wildman–Crippen MR) is 263 cm³/mol. The van der Waals surface area contributed by atoms with Crippen LogP contribution in [0.4, 0.5) is 0 Å². The van der Waals surface area contributed by atoms with Gasteiger partial charge in [0.1, 0.15) is 40.8 Å². The Morgan fingerprint density at radius 2 is 1.62 bits per heavy atom. The number of carbonyl (C=O) groups is 4. The molecule has 1 saturated heterocycles. The van der Waals surface area contributed by atoms with Gasteiger partial charge >= 0.3 is 5.97 Å². The van der Waals surface area contributed by atoms with Gasteiger partial charge in [-0.2, -0.15) is 5.26 Å². The van der Waals surface area contributed by atoms with E-state index in [0.29, 0.717) is 22.9 Å². The van der Waals surface area contributed by atoms with Gasteiger partial charge in [-0.25, -0.2) is 4.98 Å². The third-order valence-electron chi connectivity index (χ3n) is 12.6. The molecule has 0 bridgehead atoms. The number of carbonyl (C=O) groups excluding carboxylic acids is 3. The second kappa shape index (κ2) is 19.5. The van der Waals surface area contributed by atoms with Crippen LogP contribution in [-0.4, -0.2) is 95.6 Å². The number of carboxylic acids is 1. The number of ether oxygens (including phenoxy) is 1. The molecule has 0 radical (unpaired) electrons. The van der Waals surface area contributed by atoms with E-state index in [1.807, 2.05) is 87.7 Å². The molecule has 16 nitrogen and oxygen atoms in total. The van der Waals surface area contributed by atoms with Crippen LogP contribution in [0.2, 0.25) is 0 Å². The van der Waals surface area contributed by atoms with Crippen molar-refractivity contribution in [2.75, 3.05) is 13.2 Å². The molecule has 1 fully saturated rings. The molecule has 3 amide bonds. The lowest BCUT2D eigenvalue weighted by atomic mass is 9.85. The number of nitrogens with one attached hydrogen (secondary N) is 2. The molecule has 69 heavy (non-hydrogen) atoms. The van der Waals surface area contributed by atoms with Gasteiger partial charge in [0.05, 0.1) is 45.9 Å². The summed E-state index contributed by atoms with van der Waals surface area (Å²) in [6.07, 6.45) is -1.15. The van der Waals surface area contributed by atoms with Crippen molar-refractivity contribution >= 4 is 52.1 Å². The maximum atomic E-state index is 14.3. The van der Waals surface area contributed by atoms with Crippen LogP contribution in [0.1, 0.15) is 103 Å². The number of nitriles is 1. The maximum Gasteiger partial charge on any atom is 0.306 e. The number of carboxylic acid groups (broad SMARTS) is 1. The van der Waals surface area contributed by atoms with Crippen molar-refractivity contribution in [1.29, 1.82) is 5.26 Å². The predicted octanol–water partition coefficient (Wildman–Crippen LogP) is 7.34. The number of hydrogen-bond acceptors (Lipinski definition) is 13. The quantitative estimate of drug-likeness (QED) is 0.0896. The highest BCUT2D eigenvalue weighted by molar-refractivity contribution is 7.15. The summed E-state index contributed by atoms with van der Waals surface area (Å²) in [5.74, 6) is -1.25. The van der Waals surface area contributed by atoms with Gasteiger partial charge in [0, 0.05) is 29.0 Å². The van der Waals surface area contributed by atoms with Gasteiger partial charge in [-0.05, 0) is 80.0 Å². The van der Waals surface area contributed by atoms with E-state index in [2.05, 4.69) is 31.9 Å². The van der Waals surface area contributed by atoms with Crippen LogP contribution in [-0.2, 0) is 19.2 Å². The van der Waals surface area contributed by atoms with Gasteiger partial charge in [-0.1, -0.05) is 75.4 Å². The number of rotatable bonds is 13. The maximum absolute atomic E-state index is 14.3. The third kappa shape index (κ3) is 9.94. The van der Waals surface area contributed by atoms with Crippen molar-refractivity contribution in [2.24, 2.45) is 10.4 Å². The highest BCUT2D eigenvalue weighted by Gasteiger charge is 2.45. The second-order valence-corrected chi connectivity index (χ2v) is 20.6. The number of likely N-dealkylation sites (tertiary alicyclic amines) is 1. The Morgan fingerprint density at radius 3 is 2.28 bits per heavy atom. The highest BCUT2D eigenvalue weighted by Crippen LogP contribution is 2.40. The van der Waals surface area contributed by atoms with E-state index < -0.39 is 59.9 Å². The molecule has 6 aromatic rings. The van der Waals surface area contributed by atoms with Gasteiger partial charge in [0.25, 0.3) is 5.91 Å². The zero-order valence-corrected chi connectivity index (χ0v) is 41.2.